The number of nitrogens with zero attached hydrogens (tertiary/aromatic N) is 4. The largest absolute Gasteiger partial charge is 0.486 e. The van der Waals surface area contributed by atoms with E-state index in [2.05, 4.69) is 15.3 Å². The average molecular weight is 520 g/mol. The Labute approximate surface area is 207 Å². The van der Waals surface area contributed by atoms with Crippen LogP contribution in [0.25, 0.3) is 10.2 Å². The first-order valence-electron chi connectivity index (χ1n) is 10.8. The van der Waals surface area contributed by atoms with Gasteiger partial charge in [-0.2, -0.15) is 18.4 Å². The number of esters is 1. The number of fused-ring (bicyclic) bond motifs is 1. The molecule has 13 heteroatoms. The fourth-order valence-corrected chi connectivity index (χ4v) is 5.02. The molecule has 0 saturated carbocycles. The molecule has 1 aromatic carbocycles. The number of rotatable bonds is 5. The number of methoxy groups -OCH3 is 1. The Bertz CT molecular complexity index is 1370. The van der Waals surface area contributed by atoms with Crippen molar-refractivity contribution >= 4 is 44.9 Å². The molecule has 1 amide bonds. The Balaban J connectivity index is 1.65. The lowest BCUT2D eigenvalue weighted by Crippen LogP contribution is -2.49. The number of benzene rings is 1. The number of carbonyl (C=O) groups is 2. The predicted molar refractivity (Wildman–Crippen MR) is 124 cm³/mol. The van der Waals surface area contributed by atoms with Crippen molar-refractivity contribution in [2.75, 3.05) is 25.5 Å². The number of hydrogen-bond acceptors (Lipinski definition) is 9. The fourth-order valence-electron chi connectivity index (χ4n) is 3.95. The van der Waals surface area contributed by atoms with Crippen LogP contribution in [0.1, 0.15) is 33.6 Å². The van der Waals surface area contributed by atoms with E-state index in [1.165, 1.54) is 19.5 Å². The van der Waals surface area contributed by atoms with Gasteiger partial charge in [0.25, 0.3) is 0 Å². The summed E-state index contributed by atoms with van der Waals surface area (Å²) >= 11 is 1.16. The quantitative estimate of drug-likeness (QED) is 0.495. The number of aryl methyl sites for hydroxylation is 1. The molecule has 9 nitrogen and oxygen atoms in total. The summed E-state index contributed by atoms with van der Waals surface area (Å²) in [4.78, 5) is 34.0. The molecule has 1 saturated heterocycles. The van der Waals surface area contributed by atoms with E-state index in [0.29, 0.717) is 45.0 Å². The minimum atomic E-state index is -4.96. The number of aromatic nitrogens is 2. The maximum atomic E-state index is 12.9. The van der Waals surface area contributed by atoms with Crippen LogP contribution in [0.15, 0.2) is 24.5 Å². The lowest BCUT2D eigenvalue weighted by atomic mass is 10.1. The third kappa shape index (κ3) is 5.03. The Kier molecular flexibility index (Phi) is 6.98. The zero-order valence-electron chi connectivity index (χ0n) is 19.2. The molecule has 0 aliphatic carbocycles. The van der Waals surface area contributed by atoms with Gasteiger partial charge in [0.05, 0.1) is 36.4 Å². The number of ether oxygens (including phenoxy) is 2. The number of amides is 1. The Morgan fingerprint density at radius 2 is 2.08 bits per heavy atom. The van der Waals surface area contributed by atoms with E-state index in [0.717, 1.165) is 16.2 Å². The molecule has 4 rings (SSSR count). The van der Waals surface area contributed by atoms with Crippen LogP contribution in [0.2, 0.25) is 0 Å². The van der Waals surface area contributed by atoms with Crippen molar-refractivity contribution in [3.8, 4) is 11.8 Å². The van der Waals surface area contributed by atoms with Gasteiger partial charge in [-0.25, -0.2) is 14.8 Å². The minimum absolute atomic E-state index is 0.0135. The molecule has 188 valence electrons. The Morgan fingerprint density at radius 1 is 1.31 bits per heavy atom. The summed E-state index contributed by atoms with van der Waals surface area (Å²) in [6, 6.07) is 6.61. The minimum Gasteiger partial charge on any atom is -0.486 e. The van der Waals surface area contributed by atoms with Gasteiger partial charge in [-0.3, -0.25) is 4.79 Å². The predicted octanol–water partition coefficient (Wildman–Crippen LogP) is 4.33. The number of likely N-dealkylation sites (tertiary alicyclic amines) is 1. The second-order valence-corrected chi connectivity index (χ2v) is 9.03. The highest BCUT2D eigenvalue weighted by atomic mass is 32.1. The monoisotopic (exact) mass is 519 g/mol. The van der Waals surface area contributed by atoms with Crippen LogP contribution in [0, 0.1) is 18.3 Å². The molecule has 1 aliphatic heterocycles. The molecular formula is C23H20F3N5O4S. The van der Waals surface area contributed by atoms with Crippen LogP contribution in [-0.4, -0.2) is 59.2 Å². The molecule has 3 heterocycles. The van der Waals surface area contributed by atoms with E-state index in [-0.39, 0.29) is 24.4 Å². The number of anilines is 2. The van der Waals surface area contributed by atoms with E-state index < -0.39 is 24.2 Å². The lowest BCUT2D eigenvalue weighted by Gasteiger charge is -2.33. The number of thiophene rings is 1. The Morgan fingerprint density at radius 3 is 2.78 bits per heavy atom. The number of nitrogens with one attached hydrogen (secondary N) is 1. The zero-order valence-corrected chi connectivity index (χ0v) is 20.0. The van der Waals surface area contributed by atoms with Crippen LogP contribution in [0.5, 0.6) is 5.75 Å². The second-order valence-electron chi connectivity index (χ2n) is 8.03. The summed E-state index contributed by atoms with van der Waals surface area (Å²) in [6.07, 6.45) is -3.58. The standard InChI is InChI=1S/C23H20F3N5O4S/c1-12-17-19(28-11-29-20(17)36-18(12)21(32)34-2)30-15-6-5-13(9-27)8-16(15)35-14-4-3-7-31(10-14)22(33)23(24,25)26/h5-6,8,11,14H,3-4,7,10H2,1-2H3,(H,28,29,30)/t14-/m0/s1. The van der Waals surface area contributed by atoms with Gasteiger partial charge in [-0.05, 0) is 37.5 Å². The maximum absolute atomic E-state index is 12.9. The van der Waals surface area contributed by atoms with Crippen molar-refractivity contribution in [3.63, 3.8) is 0 Å². The smallest absolute Gasteiger partial charge is 0.471 e. The van der Waals surface area contributed by atoms with Gasteiger partial charge in [0.15, 0.2) is 0 Å². The molecule has 0 spiro atoms. The highest BCUT2D eigenvalue weighted by Gasteiger charge is 2.44. The molecule has 0 radical (unpaired) electrons. The molecule has 1 fully saturated rings. The van der Waals surface area contributed by atoms with Gasteiger partial charge in [0, 0.05) is 12.6 Å². The summed E-state index contributed by atoms with van der Waals surface area (Å²) < 4.78 is 49.6. The highest BCUT2D eigenvalue weighted by Crippen LogP contribution is 2.37. The van der Waals surface area contributed by atoms with E-state index >= 15 is 0 Å². The zero-order chi connectivity index (χ0) is 26.0. The third-order valence-corrected chi connectivity index (χ3v) is 6.84. The van der Waals surface area contributed by atoms with Crippen LogP contribution in [0.3, 0.4) is 0 Å². The van der Waals surface area contributed by atoms with Crippen LogP contribution < -0.4 is 10.1 Å². The van der Waals surface area contributed by atoms with Gasteiger partial charge < -0.3 is 19.7 Å². The lowest BCUT2D eigenvalue weighted by molar-refractivity contribution is -0.187. The van der Waals surface area contributed by atoms with Crippen LogP contribution in [0.4, 0.5) is 24.7 Å². The number of hydrogen-bond donors (Lipinski definition) is 1. The van der Waals surface area contributed by atoms with Gasteiger partial charge >= 0.3 is 18.1 Å². The summed E-state index contributed by atoms with van der Waals surface area (Å²) in [5.74, 6) is -1.82. The molecule has 3 aromatic rings. The van der Waals surface area contributed by atoms with Crippen molar-refractivity contribution in [3.05, 3.63) is 40.5 Å². The van der Waals surface area contributed by atoms with Crippen LogP contribution in [-0.2, 0) is 9.53 Å². The van der Waals surface area contributed by atoms with Gasteiger partial charge in [0.1, 0.15) is 33.7 Å². The first-order valence-corrected chi connectivity index (χ1v) is 11.6. The van der Waals surface area contributed by atoms with Crippen molar-refractivity contribution in [2.45, 2.75) is 32.0 Å². The molecule has 0 bridgehead atoms. The number of halogens is 3. The van der Waals surface area contributed by atoms with E-state index in [9.17, 15) is 28.0 Å². The maximum Gasteiger partial charge on any atom is 0.471 e. The summed E-state index contributed by atoms with van der Waals surface area (Å²) in [5, 5.41) is 13.1. The summed E-state index contributed by atoms with van der Waals surface area (Å²) in [6.45, 7) is 1.49. The van der Waals surface area contributed by atoms with Gasteiger partial charge in [0.2, 0.25) is 0 Å². The molecule has 2 aromatic heterocycles. The first-order chi connectivity index (χ1) is 17.1. The number of nitriles is 1. The molecule has 1 aliphatic rings. The second kappa shape index (κ2) is 9.98. The molecule has 1 N–H and O–H groups in total. The van der Waals surface area contributed by atoms with Gasteiger partial charge in [-0.1, -0.05) is 0 Å². The van der Waals surface area contributed by atoms with Crippen molar-refractivity contribution < 1.29 is 32.2 Å². The molecule has 0 unspecified atom stereocenters. The number of alkyl halides is 3. The molecular weight excluding hydrogens is 499 g/mol. The van der Waals surface area contributed by atoms with Crippen molar-refractivity contribution in [2.24, 2.45) is 0 Å². The number of carbonyl (C=O) groups excluding carboxylic acids is 2. The third-order valence-electron chi connectivity index (χ3n) is 5.66. The SMILES string of the molecule is COC(=O)c1sc2ncnc(Nc3ccc(C#N)cc3O[C@H]3CCCN(C(=O)C(F)(F)F)C3)c2c1C. The van der Waals surface area contributed by atoms with Crippen molar-refractivity contribution in [1.29, 1.82) is 5.26 Å². The van der Waals surface area contributed by atoms with Crippen molar-refractivity contribution in [1.82, 2.24) is 14.9 Å². The summed E-state index contributed by atoms with van der Waals surface area (Å²) in [5.41, 5.74) is 1.30. The average Bonchev–Trinajstić information content (AvgIpc) is 3.21. The van der Waals surface area contributed by atoms with E-state index in [4.69, 9.17) is 9.47 Å². The molecule has 1 atom stereocenters. The van der Waals surface area contributed by atoms with E-state index in [1.54, 1.807) is 19.1 Å². The fraction of sp³-hybridized carbons (Fsp3) is 0.348. The summed E-state index contributed by atoms with van der Waals surface area (Å²) in [7, 11) is 1.28. The van der Waals surface area contributed by atoms with Crippen LogP contribution >= 0.6 is 11.3 Å². The number of piperidine rings is 1. The Hall–Kier alpha value is -3.92. The van der Waals surface area contributed by atoms with Gasteiger partial charge in [-0.15, -0.1) is 11.3 Å². The normalized spacial score (nSPS) is 15.9. The first kappa shape index (κ1) is 25.2. The topological polar surface area (TPSA) is 117 Å². The molecule has 36 heavy (non-hydrogen) atoms. The highest BCUT2D eigenvalue weighted by molar-refractivity contribution is 7.20. The van der Waals surface area contributed by atoms with E-state index in [1.807, 2.05) is 6.07 Å².